The van der Waals surface area contributed by atoms with Crippen LogP contribution >= 0.6 is 8.58 Å². The van der Waals surface area contributed by atoms with Crippen LogP contribution < -0.4 is 19.5 Å². The average Bonchev–Trinajstić information content (AvgIpc) is 2.73. The molecule has 0 heterocycles. The Bertz CT molecular complexity index is 876. The van der Waals surface area contributed by atoms with Gasteiger partial charge in [0.15, 0.2) is 5.52 Å². The molecular weight excluding hydrogens is 366 g/mol. The summed E-state index contributed by atoms with van der Waals surface area (Å²) in [5.74, 6) is 1.82. The summed E-state index contributed by atoms with van der Waals surface area (Å²) in [5.41, 5.74) is 1.56. The van der Waals surface area contributed by atoms with E-state index >= 15 is 0 Å². The third-order valence-corrected chi connectivity index (χ3v) is 5.11. The van der Waals surface area contributed by atoms with Crippen LogP contribution in [0.2, 0.25) is 0 Å². The third-order valence-electron chi connectivity index (χ3n) is 4.02. The summed E-state index contributed by atoms with van der Waals surface area (Å²) in [7, 11) is 3.07. The molecule has 28 heavy (non-hydrogen) atoms. The second kappa shape index (κ2) is 10.9. The van der Waals surface area contributed by atoms with Gasteiger partial charge in [0.05, 0.1) is 14.2 Å². The molecule has 0 saturated heterocycles. The van der Waals surface area contributed by atoms with Crippen molar-refractivity contribution in [3.8, 4) is 17.2 Å². The summed E-state index contributed by atoms with van der Waals surface area (Å²) in [5, 5.41) is 0.931. The fourth-order valence-corrected chi connectivity index (χ4v) is 3.61. The van der Waals surface area contributed by atoms with E-state index in [1.807, 2.05) is 54.6 Å². The van der Waals surface area contributed by atoms with E-state index in [2.05, 4.69) is 0 Å². The standard InChI is InChI=1S/C22H21O4P.Li.H/c1-24-19-9-6-10-20(25-2)21(19)22(23)27-18-13-11-17(12-14-18)26-15-16-7-4-3-5-8-16;;/h3-14,27H,15H2,1-2H3;;. The number of methoxy groups -OCH3 is 2. The normalized spacial score (nSPS) is 10.4. The summed E-state index contributed by atoms with van der Waals surface area (Å²) in [4.78, 5) is 12.8. The second-order valence-electron chi connectivity index (χ2n) is 5.79. The van der Waals surface area contributed by atoms with Gasteiger partial charge in [-0.05, 0) is 43.7 Å². The summed E-state index contributed by atoms with van der Waals surface area (Å²) in [6.45, 7) is 0.514. The van der Waals surface area contributed by atoms with Gasteiger partial charge in [-0.2, -0.15) is 0 Å². The molecule has 0 N–H and O–H groups in total. The van der Waals surface area contributed by atoms with E-state index in [0.717, 1.165) is 16.6 Å². The zero-order valence-electron chi connectivity index (χ0n) is 15.3. The van der Waals surface area contributed by atoms with Crippen molar-refractivity contribution in [3.05, 3.63) is 83.9 Å². The van der Waals surface area contributed by atoms with Crippen LogP contribution in [0.1, 0.15) is 15.9 Å². The number of ether oxygens (including phenoxy) is 3. The Labute approximate surface area is 179 Å². The number of hydrogen-bond acceptors (Lipinski definition) is 4. The van der Waals surface area contributed by atoms with Crippen molar-refractivity contribution in [1.82, 2.24) is 0 Å². The van der Waals surface area contributed by atoms with Crippen molar-refractivity contribution >= 4 is 38.3 Å². The zero-order valence-corrected chi connectivity index (χ0v) is 16.3. The van der Waals surface area contributed by atoms with Gasteiger partial charge in [0.25, 0.3) is 0 Å². The molecule has 0 saturated carbocycles. The van der Waals surface area contributed by atoms with Crippen LogP contribution in [-0.2, 0) is 6.61 Å². The Kier molecular flexibility index (Phi) is 8.61. The van der Waals surface area contributed by atoms with Gasteiger partial charge >= 0.3 is 18.9 Å². The molecule has 1 unspecified atom stereocenters. The van der Waals surface area contributed by atoms with Crippen molar-refractivity contribution in [2.24, 2.45) is 0 Å². The molecule has 0 bridgehead atoms. The summed E-state index contributed by atoms with van der Waals surface area (Å²) in [6.07, 6.45) is 0. The summed E-state index contributed by atoms with van der Waals surface area (Å²) in [6, 6.07) is 22.9. The predicted octanol–water partition coefficient (Wildman–Crippen LogP) is 3.78. The number of benzene rings is 3. The Hall–Kier alpha value is -2.24. The van der Waals surface area contributed by atoms with Gasteiger partial charge in [-0.25, -0.2) is 0 Å². The van der Waals surface area contributed by atoms with Crippen molar-refractivity contribution in [3.63, 3.8) is 0 Å². The van der Waals surface area contributed by atoms with Gasteiger partial charge in [-0.3, -0.25) is 4.79 Å². The van der Waals surface area contributed by atoms with E-state index in [1.165, 1.54) is 0 Å². The van der Waals surface area contributed by atoms with E-state index in [-0.39, 0.29) is 33.0 Å². The average molecular weight is 388 g/mol. The van der Waals surface area contributed by atoms with E-state index < -0.39 is 0 Å². The molecule has 1 atom stereocenters. The SMILES string of the molecule is COc1cccc(OC)c1C(=O)Pc1ccc(OCc2ccccc2)cc1.[LiH]. The molecule has 0 aliphatic heterocycles. The molecule has 0 aliphatic rings. The first kappa shape index (κ1) is 22.1. The zero-order chi connectivity index (χ0) is 19.1. The van der Waals surface area contributed by atoms with Crippen LogP contribution in [-0.4, -0.2) is 38.6 Å². The molecule has 3 aromatic rings. The molecule has 6 heteroatoms. The minimum atomic E-state index is -0.0287. The maximum atomic E-state index is 12.8. The molecule has 0 radical (unpaired) electrons. The molecule has 0 fully saturated rings. The van der Waals surface area contributed by atoms with E-state index in [9.17, 15) is 4.79 Å². The quantitative estimate of drug-likeness (QED) is 0.435. The number of hydrogen-bond donors (Lipinski definition) is 0. The van der Waals surface area contributed by atoms with Crippen molar-refractivity contribution < 1.29 is 19.0 Å². The minimum absolute atomic E-state index is 0. The molecule has 0 aliphatic carbocycles. The van der Waals surface area contributed by atoms with Crippen LogP contribution in [0.25, 0.3) is 0 Å². The number of carbonyl (C=O) groups excluding carboxylic acids is 1. The number of rotatable bonds is 8. The van der Waals surface area contributed by atoms with Crippen LogP contribution in [0.3, 0.4) is 0 Å². The van der Waals surface area contributed by atoms with E-state index in [1.54, 1.807) is 32.4 Å². The summed E-state index contributed by atoms with van der Waals surface area (Å²) < 4.78 is 16.4. The van der Waals surface area contributed by atoms with Crippen molar-refractivity contribution in [1.29, 1.82) is 0 Å². The molecule has 0 aromatic heterocycles. The topological polar surface area (TPSA) is 44.8 Å². The fraction of sp³-hybridized carbons (Fsp3) is 0.136. The van der Waals surface area contributed by atoms with Crippen LogP contribution in [0.15, 0.2) is 72.8 Å². The molecular formula is C22H22LiO4P. The fourth-order valence-electron chi connectivity index (χ4n) is 2.64. The van der Waals surface area contributed by atoms with E-state index in [4.69, 9.17) is 14.2 Å². The first-order valence-electron chi connectivity index (χ1n) is 8.50. The van der Waals surface area contributed by atoms with Gasteiger partial charge in [0, 0.05) is 0 Å². The summed E-state index contributed by atoms with van der Waals surface area (Å²) >= 11 is 0. The Balaban J connectivity index is 0.00000280. The molecule has 4 nitrogen and oxygen atoms in total. The van der Waals surface area contributed by atoms with Gasteiger partial charge in [-0.1, -0.05) is 48.5 Å². The first-order valence-corrected chi connectivity index (χ1v) is 9.50. The number of carbonyl (C=O) groups is 1. The van der Waals surface area contributed by atoms with Crippen LogP contribution in [0.5, 0.6) is 17.2 Å². The predicted molar refractivity (Wildman–Crippen MR) is 116 cm³/mol. The molecule has 140 valence electrons. The first-order chi connectivity index (χ1) is 13.2. The maximum absolute atomic E-state index is 12.8. The molecule has 3 aromatic carbocycles. The van der Waals surface area contributed by atoms with Crippen molar-refractivity contribution in [2.45, 2.75) is 6.61 Å². The Morgan fingerprint density at radius 1 is 0.821 bits per heavy atom. The van der Waals surface area contributed by atoms with Gasteiger partial charge < -0.3 is 14.2 Å². The third kappa shape index (κ3) is 5.63. The van der Waals surface area contributed by atoms with Gasteiger partial charge in [-0.15, -0.1) is 0 Å². The molecule has 0 spiro atoms. The van der Waals surface area contributed by atoms with Gasteiger partial charge in [0.1, 0.15) is 29.4 Å². The van der Waals surface area contributed by atoms with Crippen LogP contribution in [0, 0.1) is 0 Å². The van der Waals surface area contributed by atoms with Gasteiger partial charge in [0.2, 0.25) is 0 Å². The van der Waals surface area contributed by atoms with Crippen molar-refractivity contribution in [2.75, 3.05) is 14.2 Å². The monoisotopic (exact) mass is 388 g/mol. The molecule has 3 rings (SSSR count). The van der Waals surface area contributed by atoms with E-state index in [0.29, 0.717) is 23.7 Å². The Morgan fingerprint density at radius 2 is 1.43 bits per heavy atom. The van der Waals surface area contributed by atoms with Crippen LogP contribution in [0.4, 0.5) is 0 Å². The Morgan fingerprint density at radius 3 is 2.00 bits per heavy atom. The molecule has 0 amide bonds. The second-order valence-corrected chi connectivity index (χ2v) is 7.07.